The molecule has 7 heteroatoms. The van der Waals surface area contributed by atoms with Gasteiger partial charge in [-0.15, -0.1) is 0 Å². The van der Waals surface area contributed by atoms with Crippen LogP contribution in [0.4, 0.5) is 5.69 Å². The van der Waals surface area contributed by atoms with E-state index >= 15 is 0 Å². The van der Waals surface area contributed by atoms with E-state index in [1.165, 1.54) is 0 Å². The molecule has 1 fully saturated rings. The fraction of sp³-hybridized carbons (Fsp3) is 0.444. The summed E-state index contributed by atoms with van der Waals surface area (Å²) in [5.74, 6) is 0.492. The summed E-state index contributed by atoms with van der Waals surface area (Å²) < 4.78 is 5.89. The lowest BCUT2D eigenvalue weighted by molar-refractivity contribution is -0.0249. The smallest absolute Gasteiger partial charge is 0.272 e. The van der Waals surface area contributed by atoms with Gasteiger partial charge >= 0.3 is 0 Å². The van der Waals surface area contributed by atoms with Crippen molar-refractivity contribution in [3.05, 3.63) is 47.3 Å². The molecule has 0 bridgehead atoms. The fourth-order valence-corrected chi connectivity index (χ4v) is 2.85. The SMILES string of the molecule is Cc1cc(N(C)C)cc([C@@H]2CN(C(=O)c3ccnc(C)n3)CCO2)n1. The van der Waals surface area contributed by atoms with E-state index in [1.807, 2.05) is 38.1 Å². The molecule has 2 aromatic rings. The summed E-state index contributed by atoms with van der Waals surface area (Å²) in [5.41, 5.74) is 3.26. The van der Waals surface area contributed by atoms with E-state index in [1.54, 1.807) is 24.1 Å². The highest BCUT2D eigenvalue weighted by atomic mass is 16.5. The van der Waals surface area contributed by atoms with Crippen LogP contribution in [0.3, 0.4) is 0 Å². The third-order valence-corrected chi connectivity index (χ3v) is 4.15. The zero-order chi connectivity index (χ0) is 18.0. The highest BCUT2D eigenvalue weighted by Crippen LogP contribution is 2.25. The van der Waals surface area contributed by atoms with Crippen LogP contribution in [0.15, 0.2) is 24.4 Å². The molecule has 0 aromatic carbocycles. The predicted octanol–water partition coefficient (Wildman–Crippen LogP) is 1.77. The van der Waals surface area contributed by atoms with E-state index in [-0.39, 0.29) is 12.0 Å². The number of nitrogens with zero attached hydrogens (tertiary/aromatic N) is 5. The molecule has 0 N–H and O–H groups in total. The van der Waals surface area contributed by atoms with Gasteiger partial charge in [0.05, 0.1) is 18.8 Å². The summed E-state index contributed by atoms with van der Waals surface area (Å²) in [6.07, 6.45) is 1.37. The molecule has 132 valence electrons. The van der Waals surface area contributed by atoms with Crippen LogP contribution in [0.2, 0.25) is 0 Å². The molecule has 2 aromatic heterocycles. The first-order valence-electron chi connectivity index (χ1n) is 8.30. The Balaban J connectivity index is 1.80. The lowest BCUT2D eigenvalue weighted by atomic mass is 10.1. The number of rotatable bonds is 3. The van der Waals surface area contributed by atoms with Gasteiger partial charge in [-0.25, -0.2) is 9.97 Å². The van der Waals surface area contributed by atoms with Crippen LogP contribution in [-0.4, -0.2) is 59.6 Å². The molecule has 0 unspecified atom stereocenters. The molecule has 1 aliphatic heterocycles. The van der Waals surface area contributed by atoms with Crippen LogP contribution in [-0.2, 0) is 4.74 Å². The minimum absolute atomic E-state index is 0.0979. The largest absolute Gasteiger partial charge is 0.378 e. The Hall–Kier alpha value is -2.54. The summed E-state index contributed by atoms with van der Waals surface area (Å²) in [6, 6.07) is 5.69. The first kappa shape index (κ1) is 17.3. The van der Waals surface area contributed by atoms with Gasteiger partial charge in [0.15, 0.2) is 0 Å². The third kappa shape index (κ3) is 3.93. The topological polar surface area (TPSA) is 71.5 Å². The molecule has 1 atom stereocenters. The van der Waals surface area contributed by atoms with Gasteiger partial charge in [0.25, 0.3) is 5.91 Å². The number of carbonyl (C=O) groups is 1. The van der Waals surface area contributed by atoms with Crippen molar-refractivity contribution in [3.8, 4) is 0 Å². The molecule has 0 spiro atoms. The van der Waals surface area contributed by atoms with E-state index in [9.17, 15) is 4.79 Å². The minimum atomic E-state index is -0.237. The Bertz CT molecular complexity index is 778. The molecule has 0 radical (unpaired) electrons. The number of carbonyl (C=O) groups excluding carboxylic acids is 1. The molecule has 1 amide bonds. The second-order valence-electron chi connectivity index (χ2n) is 6.39. The van der Waals surface area contributed by atoms with Crippen LogP contribution in [0.1, 0.15) is 33.8 Å². The zero-order valence-corrected chi connectivity index (χ0v) is 15.1. The molecule has 25 heavy (non-hydrogen) atoms. The van der Waals surface area contributed by atoms with E-state index < -0.39 is 0 Å². The molecule has 7 nitrogen and oxygen atoms in total. The van der Waals surface area contributed by atoms with Crippen LogP contribution in [0.5, 0.6) is 0 Å². The first-order valence-corrected chi connectivity index (χ1v) is 8.30. The highest BCUT2D eigenvalue weighted by molar-refractivity contribution is 5.92. The van der Waals surface area contributed by atoms with Gasteiger partial charge in [-0.2, -0.15) is 0 Å². The van der Waals surface area contributed by atoms with Gasteiger partial charge in [0.2, 0.25) is 0 Å². The van der Waals surface area contributed by atoms with Crippen molar-refractivity contribution in [2.24, 2.45) is 0 Å². The summed E-state index contributed by atoms with van der Waals surface area (Å²) in [6.45, 7) is 5.23. The van der Waals surface area contributed by atoms with Crippen molar-refractivity contribution >= 4 is 11.6 Å². The third-order valence-electron chi connectivity index (χ3n) is 4.15. The van der Waals surface area contributed by atoms with E-state index in [0.29, 0.717) is 31.2 Å². The molecule has 3 heterocycles. The number of ether oxygens (including phenoxy) is 1. The molecule has 1 saturated heterocycles. The Morgan fingerprint density at radius 1 is 1.28 bits per heavy atom. The van der Waals surface area contributed by atoms with Gasteiger partial charge < -0.3 is 14.5 Å². The number of amides is 1. The lowest BCUT2D eigenvalue weighted by Crippen LogP contribution is -2.42. The summed E-state index contributed by atoms with van der Waals surface area (Å²) in [7, 11) is 3.99. The molecule has 0 saturated carbocycles. The number of hydrogen-bond donors (Lipinski definition) is 0. The number of hydrogen-bond acceptors (Lipinski definition) is 6. The zero-order valence-electron chi connectivity index (χ0n) is 15.1. The number of pyridine rings is 1. The lowest BCUT2D eigenvalue weighted by Gasteiger charge is -2.33. The number of aryl methyl sites for hydroxylation is 2. The summed E-state index contributed by atoms with van der Waals surface area (Å²) in [4.78, 5) is 29.4. The average molecular weight is 341 g/mol. The summed E-state index contributed by atoms with van der Waals surface area (Å²) >= 11 is 0. The van der Waals surface area contributed by atoms with Gasteiger partial charge in [-0.1, -0.05) is 0 Å². The van der Waals surface area contributed by atoms with Gasteiger partial charge in [0, 0.05) is 38.2 Å². The van der Waals surface area contributed by atoms with Crippen LogP contribution in [0, 0.1) is 13.8 Å². The minimum Gasteiger partial charge on any atom is -0.378 e. The Morgan fingerprint density at radius 3 is 2.80 bits per heavy atom. The molecule has 3 rings (SSSR count). The maximum absolute atomic E-state index is 12.7. The summed E-state index contributed by atoms with van der Waals surface area (Å²) in [5, 5.41) is 0. The van der Waals surface area contributed by atoms with E-state index in [4.69, 9.17) is 4.74 Å². The average Bonchev–Trinajstić information content (AvgIpc) is 2.60. The molecule has 1 aliphatic rings. The fourth-order valence-electron chi connectivity index (χ4n) is 2.85. The monoisotopic (exact) mass is 341 g/mol. The van der Waals surface area contributed by atoms with Gasteiger partial charge in [-0.05, 0) is 32.0 Å². The molecular weight excluding hydrogens is 318 g/mol. The second kappa shape index (κ2) is 7.14. The van der Waals surface area contributed by atoms with Gasteiger partial charge in [0.1, 0.15) is 17.6 Å². The standard InChI is InChI=1S/C18H23N5O2/c1-12-9-14(22(3)4)10-16(20-12)17-11-23(7-8-25-17)18(24)15-5-6-19-13(2)21-15/h5-6,9-10,17H,7-8,11H2,1-4H3/t17-/m0/s1. The van der Waals surface area contributed by atoms with Crippen LogP contribution < -0.4 is 4.90 Å². The van der Waals surface area contributed by atoms with Gasteiger partial charge in [-0.3, -0.25) is 9.78 Å². The molecule has 0 aliphatic carbocycles. The van der Waals surface area contributed by atoms with Crippen molar-refractivity contribution in [2.75, 3.05) is 38.7 Å². The molecular formula is C18H23N5O2. The maximum Gasteiger partial charge on any atom is 0.272 e. The van der Waals surface area contributed by atoms with Crippen molar-refractivity contribution in [1.82, 2.24) is 19.9 Å². The van der Waals surface area contributed by atoms with Crippen molar-refractivity contribution in [1.29, 1.82) is 0 Å². The highest BCUT2D eigenvalue weighted by Gasteiger charge is 2.28. The van der Waals surface area contributed by atoms with Crippen LogP contribution >= 0.6 is 0 Å². The second-order valence-corrected chi connectivity index (χ2v) is 6.39. The maximum atomic E-state index is 12.7. The van der Waals surface area contributed by atoms with Crippen LogP contribution in [0.25, 0.3) is 0 Å². The quantitative estimate of drug-likeness (QED) is 0.847. The number of morpholine rings is 1. The Kier molecular flexibility index (Phi) is 4.94. The first-order chi connectivity index (χ1) is 11.9. The van der Waals surface area contributed by atoms with Crippen molar-refractivity contribution < 1.29 is 9.53 Å². The van der Waals surface area contributed by atoms with E-state index in [0.717, 1.165) is 17.1 Å². The normalized spacial score (nSPS) is 17.4. The van der Waals surface area contributed by atoms with Crippen molar-refractivity contribution in [3.63, 3.8) is 0 Å². The van der Waals surface area contributed by atoms with Crippen molar-refractivity contribution in [2.45, 2.75) is 20.0 Å². The van der Waals surface area contributed by atoms with E-state index in [2.05, 4.69) is 15.0 Å². The Morgan fingerprint density at radius 2 is 2.08 bits per heavy atom. The number of anilines is 1. The predicted molar refractivity (Wildman–Crippen MR) is 94.7 cm³/mol. The number of aromatic nitrogens is 3. The Labute approximate surface area is 147 Å².